The molecule has 1 aromatic heterocycles. The van der Waals surface area contributed by atoms with E-state index in [1.165, 1.54) is 9.21 Å². The standard InChI is InChI=1S/C25H30N4O4S/c1-18-9-10-19(17-29-24(30)20-6-2-3-7-21(20)25(29)31)16-22(18)34(32,33)28-14-12-27(13-15-28)23-8-4-5-11-26-23/h4-5,8-11,16,20-21H,2-3,6-7,12-15,17H2,1H3. The van der Waals surface area contributed by atoms with Gasteiger partial charge in [0.1, 0.15) is 5.82 Å². The van der Waals surface area contributed by atoms with Crippen LogP contribution in [0.4, 0.5) is 5.82 Å². The van der Waals surface area contributed by atoms with Gasteiger partial charge in [0.25, 0.3) is 0 Å². The van der Waals surface area contributed by atoms with E-state index in [2.05, 4.69) is 9.88 Å². The number of anilines is 1. The summed E-state index contributed by atoms with van der Waals surface area (Å²) in [5.41, 5.74) is 1.32. The third-order valence-corrected chi connectivity index (χ3v) is 9.40. The summed E-state index contributed by atoms with van der Waals surface area (Å²) in [4.78, 5) is 33.8. The second kappa shape index (κ2) is 9.11. The molecule has 2 saturated heterocycles. The Bertz CT molecular complexity index is 1170. The summed E-state index contributed by atoms with van der Waals surface area (Å²) in [6, 6.07) is 10.9. The Hall–Kier alpha value is -2.78. The number of fused-ring (bicyclic) bond motifs is 1. The van der Waals surface area contributed by atoms with Crippen molar-refractivity contribution in [3.05, 3.63) is 53.7 Å². The number of piperazine rings is 1. The number of rotatable bonds is 5. The van der Waals surface area contributed by atoms with Gasteiger partial charge < -0.3 is 4.90 Å². The highest BCUT2D eigenvalue weighted by Gasteiger charge is 2.48. The molecule has 0 radical (unpaired) electrons. The maximum Gasteiger partial charge on any atom is 0.243 e. The molecule has 8 nitrogen and oxygen atoms in total. The van der Waals surface area contributed by atoms with E-state index in [9.17, 15) is 18.0 Å². The predicted molar refractivity (Wildman–Crippen MR) is 127 cm³/mol. The van der Waals surface area contributed by atoms with Gasteiger partial charge in [-0.15, -0.1) is 0 Å². The van der Waals surface area contributed by atoms with Gasteiger partial charge in [-0.25, -0.2) is 13.4 Å². The molecule has 0 bridgehead atoms. The van der Waals surface area contributed by atoms with Gasteiger partial charge in [0.2, 0.25) is 21.8 Å². The van der Waals surface area contributed by atoms with Crippen molar-refractivity contribution in [3.8, 4) is 0 Å². The van der Waals surface area contributed by atoms with Crippen LogP contribution < -0.4 is 4.90 Å². The van der Waals surface area contributed by atoms with Crippen molar-refractivity contribution < 1.29 is 18.0 Å². The molecule has 34 heavy (non-hydrogen) atoms. The van der Waals surface area contributed by atoms with E-state index in [4.69, 9.17) is 0 Å². The van der Waals surface area contributed by atoms with Crippen molar-refractivity contribution in [1.82, 2.24) is 14.2 Å². The maximum absolute atomic E-state index is 13.5. The van der Waals surface area contributed by atoms with Crippen LogP contribution in [0.25, 0.3) is 0 Å². The number of aromatic nitrogens is 1. The fourth-order valence-electron chi connectivity index (χ4n) is 5.43. The van der Waals surface area contributed by atoms with E-state index in [1.54, 1.807) is 25.3 Å². The second-order valence-electron chi connectivity index (χ2n) is 9.44. The Labute approximate surface area is 200 Å². The van der Waals surface area contributed by atoms with E-state index < -0.39 is 10.0 Å². The molecular weight excluding hydrogens is 452 g/mol. The molecule has 5 rings (SSSR count). The Kier molecular flexibility index (Phi) is 6.16. The van der Waals surface area contributed by atoms with Gasteiger partial charge in [-0.2, -0.15) is 4.31 Å². The van der Waals surface area contributed by atoms with Crippen LogP contribution in [-0.4, -0.2) is 60.6 Å². The molecule has 1 aliphatic carbocycles. The number of nitrogens with zero attached hydrogens (tertiary/aromatic N) is 4. The molecule has 9 heteroatoms. The highest BCUT2D eigenvalue weighted by Crippen LogP contribution is 2.38. The maximum atomic E-state index is 13.5. The largest absolute Gasteiger partial charge is 0.354 e. The molecule has 0 N–H and O–H groups in total. The lowest BCUT2D eigenvalue weighted by Crippen LogP contribution is -2.49. The third-order valence-electron chi connectivity index (χ3n) is 7.36. The number of carbonyl (C=O) groups is 2. The summed E-state index contributed by atoms with van der Waals surface area (Å²) in [5.74, 6) is 0.226. The van der Waals surface area contributed by atoms with Crippen LogP contribution in [-0.2, 0) is 26.2 Å². The summed E-state index contributed by atoms with van der Waals surface area (Å²) >= 11 is 0. The summed E-state index contributed by atoms with van der Waals surface area (Å²) in [7, 11) is -3.70. The van der Waals surface area contributed by atoms with Gasteiger partial charge in [0.15, 0.2) is 0 Å². The number of imide groups is 1. The lowest BCUT2D eigenvalue weighted by atomic mass is 9.81. The fourth-order valence-corrected chi connectivity index (χ4v) is 7.13. The first-order valence-electron chi connectivity index (χ1n) is 12.0. The normalized spacial score (nSPS) is 23.9. The average Bonchev–Trinajstić information content (AvgIpc) is 3.10. The number of carbonyl (C=O) groups excluding carboxylic acids is 2. The number of hydrogen-bond acceptors (Lipinski definition) is 6. The topological polar surface area (TPSA) is 90.9 Å². The molecular formula is C25H30N4O4S. The lowest BCUT2D eigenvalue weighted by Gasteiger charge is -2.35. The van der Waals surface area contributed by atoms with E-state index in [0.717, 1.165) is 31.5 Å². The van der Waals surface area contributed by atoms with Crippen molar-refractivity contribution in [2.24, 2.45) is 11.8 Å². The predicted octanol–water partition coefficient (Wildman–Crippen LogP) is 2.58. The van der Waals surface area contributed by atoms with Gasteiger partial charge in [-0.1, -0.05) is 31.0 Å². The van der Waals surface area contributed by atoms with Crippen LogP contribution in [0.2, 0.25) is 0 Å². The Morgan fingerprint density at radius 2 is 1.62 bits per heavy atom. The zero-order valence-corrected chi connectivity index (χ0v) is 20.2. The van der Waals surface area contributed by atoms with Gasteiger partial charge in [0.05, 0.1) is 23.3 Å². The van der Waals surface area contributed by atoms with Gasteiger partial charge in [-0.3, -0.25) is 14.5 Å². The van der Waals surface area contributed by atoms with Crippen molar-refractivity contribution in [1.29, 1.82) is 0 Å². The van der Waals surface area contributed by atoms with Gasteiger partial charge in [-0.05, 0) is 49.1 Å². The SMILES string of the molecule is Cc1ccc(CN2C(=O)C3CCCCC3C2=O)cc1S(=O)(=O)N1CCN(c2ccccn2)CC1. The lowest BCUT2D eigenvalue weighted by molar-refractivity contribution is -0.140. The van der Waals surface area contributed by atoms with Crippen molar-refractivity contribution in [2.75, 3.05) is 31.1 Å². The first-order valence-corrected chi connectivity index (χ1v) is 13.4. The molecule has 3 aliphatic rings. The number of amides is 2. The molecule has 2 aliphatic heterocycles. The summed E-state index contributed by atoms with van der Waals surface area (Å²) in [6.07, 6.45) is 5.23. The van der Waals surface area contributed by atoms with Crippen LogP contribution in [0.15, 0.2) is 47.5 Å². The Morgan fingerprint density at radius 1 is 0.941 bits per heavy atom. The van der Waals surface area contributed by atoms with Crippen LogP contribution in [0, 0.1) is 18.8 Å². The third kappa shape index (κ3) is 4.11. The zero-order chi connectivity index (χ0) is 23.9. The highest BCUT2D eigenvalue weighted by molar-refractivity contribution is 7.89. The smallest absolute Gasteiger partial charge is 0.243 e. The first kappa shape index (κ1) is 23.0. The minimum absolute atomic E-state index is 0.106. The summed E-state index contributed by atoms with van der Waals surface area (Å²) in [6.45, 7) is 3.77. The monoisotopic (exact) mass is 482 g/mol. The molecule has 2 aromatic rings. The quantitative estimate of drug-likeness (QED) is 0.609. The zero-order valence-electron chi connectivity index (χ0n) is 19.4. The number of pyridine rings is 1. The summed E-state index contributed by atoms with van der Waals surface area (Å²) < 4.78 is 28.6. The van der Waals surface area contributed by atoms with Crippen LogP contribution in [0.5, 0.6) is 0 Å². The van der Waals surface area contributed by atoms with E-state index >= 15 is 0 Å². The molecule has 2 amide bonds. The van der Waals surface area contributed by atoms with Gasteiger partial charge >= 0.3 is 0 Å². The molecule has 3 heterocycles. The summed E-state index contributed by atoms with van der Waals surface area (Å²) in [5, 5.41) is 0. The second-order valence-corrected chi connectivity index (χ2v) is 11.3. The van der Waals surface area contributed by atoms with Crippen molar-refractivity contribution in [3.63, 3.8) is 0 Å². The molecule has 180 valence electrons. The van der Waals surface area contributed by atoms with Crippen molar-refractivity contribution in [2.45, 2.75) is 44.0 Å². The average molecular weight is 483 g/mol. The highest BCUT2D eigenvalue weighted by atomic mass is 32.2. The van der Waals surface area contributed by atoms with E-state index in [0.29, 0.717) is 37.3 Å². The fraction of sp³-hybridized carbons (Fsp3) is 0.480. The molecule has 2 unspecified atom stereocenters. The molecule has 2 atom stereocenters. The Balaban J connectivity index is 1.32. The van der Waals surface area contributed by atoms with E-state index in [1.807, 2.05) is 24.3 Å². The molecule has 1 aromatic carbocycles. The molecule has 0 spiro atoms. The molecule has 3 fully saturated rings. The van der Waals surface area contributed by atoms with Crippen LogP contribution in [0.3, 0.4) is 0 Å². The van der Waals surface area contributed by atoms with Gasteiger partial charge in [0, 0.05) is 32.4 Å². The number of likely N-dealkylation sites (tertiary alicyclic amines) is 1. The number of hydrogen-bond donors (Lipinski definition) is 0. The minimum atomic E-state index is -3.70. The van der Waals surface area contributed by atoms with E-state index in [-0.39, 0.29) is 35.1 Å². The number of benzene rings is 1. The number of aryl methyl sites for hydroxylation is 1. The number of sulfonamides is 1. The van der Waals surface area contributed by atoms with Crippen LogP contribution in [0.1, 0.15) is 36.8 Å². The minimum Gasteiger partial charge on any atom is -0.354 e. The first-order chi connectivity index (χ1) is 16.4. The Morgan fingerprint density at radius 3 is 2.24 bits per heavy atom. The van der Waals surface area contributed by atoms with Crippen LogP contribution >= 0.6 is 0 Å². The molecule has 1 saturated carbocycles. The van der Waals surface area contributed by atoms with Crippen molar-refractivity contribution >= 4 is 27.7 Å².